The van der Waals surface area contributed by atoms with Crippen LogP contribution in [0, 0.1) is 6.92 Å². The van der Waals surface area contributed by atoms with Crippen molar-refractivity contribution in [1.29, 1.82) is 0 Å². The molecule has 1 aliphatic heterocycles. The van der Waals surface area contributed by atoms with Gasteiger partial charge >= 0.3 is 6.03 Å². The smallest absolute Gasteiger partial charge is 0.317 e. The molecule has 1 N–H and O–H groups in total. The molecule has 132 valence electrons. The maximum Gasteiger partial charge on any atom is 0.317 e. The van der Waals surface area contributed by atoms with E-state index in [4.69, 9.17) is 0 Å². The van der Waals surface area contributed by atoms with Crippen LogP contribution in [0.5, 0.6) is 0 Å². The van der Waals surface area contributed by atoms with Gasteiger partial charge in [0, 0.05) is 39.3 Å². The highest BCUT2D eigenvalue weighted by molar-refractivity contribution is 5.74. The molecule has 0 atom stereocenters. The Hall–Kier alpha value is -2.33. The fourth-order valence-corrected chi connectivity index (χ4v) is 3.26. The number of carbonyl (C=O) groups is 1. The topological polar surface area (TPSA) is 35.6 Å². The Bertz CT molecular complexity index is 687. The van der Waals surface area contributed by atoms with Crippen molar-refractivity contribution in [2.75, 3.05) is 26.2 Å². The van der Waals surface area contributed by atoms with Crippen LogP contribution < -0.4 is 5.32 Å². The molecule has 0 unspecified atom stereocenters. The molecule has 2 aromatic rings. The number of urea groups is 1. The van der Waals surface area contributed by atoms with Crippen molar-refractivity contribution in [3.8, 4) is 0 Å². The van der Waals surface area contributed by atoms with Gasteiger partial charge in [-0.25, -0.2) is 4.79 Å². The quantitative estimate of drug-likeness (QED) is 0.928. The summed E-state index contributed by atoms with van der Waals surface area (Å²) in [6.07, 6.45) is 1.02. The summed E-state index contributed by atoms with van der Waals surface area (Å²) in [6, 6.07) is 18.8. The molecule has 1 fully saturated rings. The molecule has 4 heteroatoms. The van der Waals surface area contributed by atoms with Gasteiger partial charge in [-0.3, -0.25) is 4.90 Å². The highest BCUT2D eigenvalue weighted by Crippen LogP contribution is 2.10. The molecule has 0 aliphatic carbocycles. The number of aryl methyl sites for hydroxylation is 1. The van der Waals surface area contributed by atoms with Crippen LogP contribution in [-0.2, 0) is 13.1 Å². The lowest BCUT2D eigenvalue weighted by atomic mass is 10.1. The van der Waals surface area contributed by atoms with E-state index in [-0.39, 0.29) is 6.03 Å². The molecule has 4 nitrogen and oxygen atoms in total. The van der Waals surface area contributed by atoms with Crippen LogP contribution in [0.25, 0.3) is 0 Å². The van der Waals surface area contributed by atoms with Gasteiger partial charge in [0.2, 0.25) is 0 Å². The van der Waals surface area contributed by atoms with Crippen LogP contribution in [0.3, 0.4) is 0 Å². The maximum absolute atomic E-state index is 12.5. The van der Waals surface area contributed by atoms with Crippen LogP contribution in [0.1, 0.15) is 23.1 Å². The van der Waals surface area contributed by atoms with E-state index in [0.717, 1.165) is 39.1 Å². The number of hydrogen-bond acceptors (Lipinski definition) is 2. The van der Waals surface area contributed by atoms with Crippen molar-refractivity contribution < 1.29 is 4.79 Å². The Morgan fingerprint density at radius 2 is 1.72 bits per heavy atom. The molecule has 0 saturated carbocycles. The van der Waals surface area contributed by atoms with Gasteiger partial charge in [0.15, 0.2) is 0 Å². The summed E-state index contributed by atoms with van der Waals surface area (Å²) in [7, 11) is 0. The molecule has 0 spiro atoms. The van der Waals surface area contributed by atoms with E-state index >= 15 is 0 Å². The first-order valence-corrected chi connectivity index (χ1v) is 9.06. The van der Waals surface area contributed by atoms with Gasteiger partial charge in [-0.1, -0.05) is 54.6 Å². The van der Waals surface area contributed by atoms with Crippen molar-refractivity contribution in [1.82, 2.24) is 15.1 Å². The van der Waals surface area contributed by atoms with E-state index in [1.54, 1.807) is 0 Å². The first-order chi connectivity index (χ1) is 12.2. The van der Waals surface area contributed by atoms with E-state index in [2.05, 4.69) is 53.5 Å². The van der Waals surface area contributed by atoms with Gasteiger partial charge in [-0.2, -0.15) is 0 Å². The van der Waals surface area contributed by atoms with Crippen molar-refractivity contribution in [3.63, 3.8) is 0 Å². The number of carbonyl (C=O) groups excluding carboxylic acids is 1. The van der Waals surface area contributed by atoms with Crippen LogP contribution >= 0.6 is 0 Å². The lowest BCUT2D eigenvalue weighted by molar-refractivity contribution is 0.197. The number of amides is 2. The average Bonchev–Trinajstić information content (AvgIpc) is 2.87. The SMILES string of the molecule is Cc1ccccc1CNC(=O)N1CCCN(Cc2ccccc2)CC1. The van der Waals surface area contributed by atoms with Crippen molar-refractivity contribution in [2.24, 2.45) is 0 Å². The second-order valence-electron chi connectivity index (χ2n) is 6.69. The van der Waals surface area contributed by atoms with Crippen molar-refractivity contribution in [3.05, 3.63) is 71.3 Å². The molecule has 1 saturated heterocycles. The van der Waals surface area contributed by atoms with Gasteiger partial charge < -0.3 is 10.2 Å². The number of hydrogen-bond donors (Lipinski definition) is 1. The monoisotopic (exact) mass is 337 g/mol. The zero-order chi connectivity index (χ0) is 17.5. The van der Waals surface area contributed by atoms with E-state index in [1.165, 1.54) is 16.7 Å². The summed E-state index contributed by atoms with van der Waals surface area (Å²) in [6.45, 7) is 7.20. The van der Waals surface area contributed by atoms with E-state index in [1.807, 2.05) is 23.1 Å². The Kier molecular flexibility index (Phi) is 6.07. The summed E-state index contributed by atoms with van der Waals surface area (Å²) in [5.41, 5.74) is 3.73. The maximum atomic E-state index is 12.5. The summed E-state index contributed by atoms with van der Waals surface area (Å²) in [5.74, 6) is 0. The van der Waals surface area contributed by atoms with E-state index < -0.39 is 0 Å². The molecule has 0 bridgehead atoms. The molecule has 0 aromatic heterocycles. The second-order valence-corrected chi connectivity index (χ2v) is 6.69. The first kappa shape index (κ1) is 17.5. The number of rotatable bonds is 4. The third-order valence-electron chi connectivity index (χ3n) is 4.82. The fourth-order valence-electron chi connectivity index (χ4n) is 3.26. The molecule has 1 heterocycles. The van der Waals surface area contributed by atoms with Crippen molar-refractivity contribution >= 4 is 6.03 Å². The summed E-state index contributed by atoms with van der Waals surface area (Å²) in [4.78, 5) is 16.9. The fraction of sp³-hybridized carbons (Fsp3) is 0.381. The van der Waals surface area contributed by atoms with Gasteiger partial charge in [-0.05, 0) is 30.0 Å². The summed E-state index contributed by atoms with van der Waals surface area (Å²) < 4.78 is 0. The Balaban J connectivity index is 1.49. The molecular weight excluding hydrogens is 310 g/mol. The third-order valence-corrected chi connectivity index (χ3v) is 4.82. The van der Waals surface area contributed by atoms with Crippen LogP contribution in [0.2, 0.25) is 0 Å². The predicted octanol–water partition coefficient (Wildman–Crippen LogP) is 3.41. The summed E-state index contributed by atoms with van der Waals surface area (Å²) in [5, 5.41) is 3.07. The molecule has 1 aliphatic rings. The minimum absolute atomic E-state index is 0.0461. The molecule has 2 aromatic carbocycles. The summed E-state index contributed by atoms with van der Waals surface area (Å²) >= 11 is 0. The second kappa shape index (κ2) is 8.67. The lowest BCUT2D eigenvalue weighted by Crippen LogP contribution is -2.41. The van der Waals surface area contributed by atoms with Crippen LogP contribution in [-0.4, -0.2) is 42.0 Å². The molecule has 2 amide bonds. The van der Waals surface area contributed by atoms with Gasteiger partial charge in [0.05, 0.1) is 0 Å². The zero-order valence-electron chi connectivity index (χ0n) is 14.9. The molecule has 0 radical (unpaired) electrons. The van der Waals surface area contributed by atoms with E-state index in [9.17, 15) is 4.79 Å². The normalized spacial score (nSPS) is 15.6. The predicted molar refractivity (Wildman–Crippen MR) is 101 cm³/mol. The van der Waals surface area contributed by atoms with Gasteiger partial charge in [-0.15, -0.1) is 0 Å². The zero-order valence-corrected chi connectivity index (χ0v) is 14.9. The number of benzene rings is 2. The molecular formula is C21H27N3O. The highest BCUT2D eigenvalue weighted by atomic mass is 16.2. The molecule has 25 heavy (non-hydrogen) atoms. The number of nitrogens with one attached hydrogen (secondary N) is 1. The van der Waals surface area contributed by atoms with Crippen LogP contribution in [0.15, 0.2) is 54.6 Å². The minimum Gasteiger partial charge on any atom is -0.334 e. The van der Waals surface area contributed by atoms with Gasteiger partial charge in [0.1, 0.15) is 0 Å². The minimum atomic E-state index is 0.0461. The first-order valence-electron chi connectivity index (χ1n) is 9.06. The third kappa shape index (κ3) is 5.07. The average molecular weight is 337 g/mol. The number of nitrogens with zero attached hydrogens (tertiary/aromatic N) is 2. The Morgan fingerprint density at radius 1 is 0.960 bits per heavy atom. The lowest BCUT2D eigenvalue weighted by Gasteiger charge is -2.22. The van der Waals surface area contributed by atoms with E-state index in [0.29, 0.717) is 6.54 Å². The Labute approximate surface area is 150 Å². The van der Waals surface area contributed by atoms with Crippen LogP contribution in [0.4, 0.5) is 4.79 Å². The molecule has 3 rings (SSSR count). The Morgan fingerprint density at radius 3 is 2.52 bits per heavy atom. The standard InChI is InChI=1S/C21H27N3O/c1-18-8-5-6-11-20(18)16-22-21(25)24-13-7-12-23(14-15-24)17-19-9-3-2-4-10-19/h2-6,8-11H,7,12-17H2,1H3,(H,22,25). The van der Waals surface area contributed by atoms with Crippen molar-refractivity contribution in [2.45, 2.75) is 26.4 Å². The largest absolute Gasteiger partial charge is 0.334 e. The highest BCUT2D eigenvalue weighted by Gasteiger charge is 2.19. The van der Waals surface area contributed by atoms with Gasteiger partial charge in [0.25, 0.3) is 0 Å².